The first-order valence-corrected chi connectivity index (χ1v) is 9.22. The first-order valence-electron chi connectivity index (χ1n) is 9.22. The van der Waals surface area contributed by atoms with Crippen LogP contribution >= 0.6 is 0 Å². The van der Waals surface area contributed by atoms with Crippen molar-refractivity contribution < 1.29 is 34.4 Å². The van der Waals surface area contributed by atoms with Crippen LogP contribution in [0.15, 0.2) is 18.2 Å². The van der Waals surface area contributed by atoms with Gasteiger partial charge in [-0.25, -0.2) is 0 Å². The van der Waals surface area contributed by atoms with Crippen molar-refractivity contribution in [3.05, 3.63) is 51.6 Å². The fourth-order valence-electron chi connectivity index (χ4n) is 4.57. The third-order valence-corrected chi connectivity index (χ3v) is 6.02. The molecule has 0 heterocycles. The van der Waals surface area contributed by atoms with E-state index in [1.54, 1.807) is 19.1 Å². The second kappa shape index (κ2) is 6.15. The molecule has 0 saturated carbocycles. The number of aromatic hydroxyl groups is 2. The number of ether oxygens (including phenoxy) is 1. The van der Waals surface area contributed by atoms with Gasteiger partial charge in [-0.2, -0.15) is 0 Å². The van der Waals surface area contributed by atoms with Crippen molar-refractivity contribution in [1.29, 1.82) is 0 Å². The zero-order chi connectivity index (χ0) is 21.2. The standard InChI is InChI=1S/C22H20O7/c1-9-7-22(28,10(2)23)8-12-14(9)20(26)17-16(19(12)25)18(24)11-5-4-6-13(29-3)15(11)21(17)27/h4-6,9,25-26,28H,7-8H2,1-3H3. The number of rotatable bonds is 2. The highest BCUT2D eigenvalue weighted by atomic mass is 16.5. The van der Waals surface area contributed by atoms with E-state index in [9.17, 15) is 29.7 Å². The van der Waals surface area contributed by atoms with Gasteiger partial charge in [0.1, 0.15) is 22.8 Å². The van der Waals surface area contributed by atoms with Crippen LogP contribution < -0.4 is 4.74 Å². The minimum Gasteiger partial charge on any atom is -0.507 e. The normalized spacial score (nSPS) is 22.6. The maximum Gasteiger partial charge on any atom is 0.202 e. The third-order valence-electron chi connectivity index (χ3n) is 6.02. The average Bonchev–Trinajstić information content (AvgIpc) is 2.67. The SMILES string of the molecule is COc1cccc2c1C(=O)c1c(O)c3c(c(O)c1C2=O)CC(O)(C(C)=O)CC3C. The number of hydrogen-bond donors (Lipinski definition) is 3. The maximum atomic E-state index is 13.2. The van der Waals surface area contributed by atoms with E-state index in [2.05, 4.69) is 0 Å². The van der Waals surface area contributed by atoms with Crippen molar-refractivity contribution >= 4 is 17.3 Å². The van der Waals surface area contributed by atoms with Crippen LogP contribution in [-0.4, -0.2) is 45.4 Å². The highest BCUT2D eigenvalue weighted by Gasteiger charge is 2.46. The first kappa shape index (κ1) is 19.1. The quantitative estimate of drug-likeness (QED) is 0.568. The lowest BCUT2D eigenvalue weighted by Crippen LogP contribution is -2.43. The van der Waals surface area contributed by atoms with Gasteiger partial charge in [0.05, 0.1) is 23.8 Å². The Hall–Kier alpha value is -3.19. The number of phenols is 2. The van der Waals surface area contributed by atoms with Gasteiger partial charge in [-0.15, -0.1) is 0 Å². The Morgan fingerprint density at radius 1 is 1.10 bits per heavy atom. The van der Waals surface area contributed by atoms with Gasteiger partial charge in [0.15, 0.2) is 11.6 Å². The molecule has 0 aromatic heterocycles. The van der Waals surface area contributed by atoms with Gasteiger partial charge < -0.3 is 20.1 Å². The fraction of sp³-hybridized carbons (Fsp3) is 0.318. The van der Waals surface area contributed by atoms with Crippen LogP contribution in [0.25, 0.3) is 0 Å². The Morgan fingerprint density at radius 3 is 2.38 bits per heavy atom. The molecule has 2 aliphatic carbocycles. The molecule has 2 aromatic carbocycles. The summed E-state index contributed by atoms with van der Waals surface area (Å²) in [6, 6.07) is 4.55. The van der Waals surface area contributed by atoms with Crippen molar-refractivity contribution in [1.82, 2.24) is 0 Å². The van der Waals surface area contributed by atoms with Crippen LogP contribution in [-0.2, 0) is 11.2 Å². The Labute approximate surface area is 166 Å². The number of Topliss-reactive ketones (excluding diaryl/α,β-unsaturated/α-hetero) is 1. The lowest BCUT2D eigenvalue weighted by Gasteiger charge is -2.37. The van der Waals surface area contributed by atoms with Crippen molar-refractivity contribution in [2.24, 2.45) is 0 Å². The van der Waals surface area contributed by atoms with Crippen LogP contribution in [0.5, 0.6) is 17.2 Å². The minimum atomic E-state index is -1.71. The zero-order valence-corrected chi connectivity index (χ0v) is 16.2. The Balaban J connectivity index is 2.04. The molecule has 150 valence electrons. The van der Waals surface area contributed by atoms with Gasteiger partial charge in [-0.1, -0.05) is 19.1 Å². The van der Waals surface area contributed by atoms with Gasteiger partial charge in [0.2, 0.25) is 5.78 Å². The number of methoxy groups -OCH3 is 1. The Bertz CT molecular complexity index is 1110. The molecule has 7 heteroatoms. The number of hydrogen-bond acceptors (Lipinski definition) is 7. The van der Waals surface area contributed by atoms with E-state index in [0.29, 0.717) is 0 Å². The van der Waals surface area contributed by atoms with Crippen molar-refractivity contribution in [2.75, 3.05) is 7.11 Å². The topological polar surface area (TPSA) is 121 Å². The van der Waals surface area contributed by atoms with Gasteiger partial charge in [-0.05, 0) is 25.3 Å². The van der Waals surface area contributed by atoms with Gasteiger partial charge in [0.25, 0.3) is 0 Å². The summed E-state index contributed by atoms with van der Waals surface area (Å²) in [5, 5.41) is 32.6. The molecular formula is C22H20O7. The number of aliphatic hydroxyl groups is 1. The van der Waals surface area contributed by atoms with Crippen LogP contribution in [0.1, 0.15) is 69.2 Å². The predicted molar refractivity (Wildman–Crippen MR) is 102 cm³/mol. The highest BCUT2D eigenvalue weighted by molar-refractivity contribution is 6.31. The van der Waals surface area contributed by atoms with Crippen LogP contribution in [0.2, 0.25) is 0 Å². The number of benzene rings is 2. The summed E-state index contributed by atoms with van der Waals surface area (Å²) < 4.78 is 5.22. The lowest BCUT2D eigenvalue weighted by molar-refractivity contribution is -0.136. The van der Waals surface area contributed by atoms with Gasteiger partial charge >= 0.3 is 0 Å². The molecule has 29 heavy (non-hydrogen) atoms. The second-order valence-electron chi connectivity index (χ2n) is 7.75. The third kappa shape index (κ3) is 2.43. The molecule has 2 unspecified atom stereocenters. The van der Waals surface area contributed by atoms with E-state index in [-0.39, 0.29) is 52.0 Å². The molecule has 0 bridgehead atoms. The van der Waals surface area contributed by atoms with E-state index in [0.717, 1.165) is 0 Å². The summed E-state index contributed by atoms with van der Waals surface area (Å²) in [4.78, 5) is 38.4. The molecular weight excluding hydrogens is 376 g/mol. The van der Waals surface area contributed by atoms with Crippen LogP contribution in [0, 0.1) is 0 Å². The van der Waals surface area contributed by atoms with Gasteiger partial charge in [-0.3, -0.25) is 14.4 Å². The van der Waals surface area contributed by atoms with E-state index in [4.69, 9.17) is 4.74 Å². The predicted octanol–water partition coefficient (Wildman–Crippen LogP) is 2.25. The summed E-state index contributed by atoms with van der Waals surface area (Å²) >= 11 is 0. The number of phenolic OH excluding ortho intramolecular Hbond substituents is 2. The number of ketones is 3. The molecule has 7 nitrogen and oxygen atoms in total. The first-order chi connectivity index (χ1) is 13.6. The molecule has 2 aromatic rings. The van der Waals surface area contributed by atoms with Gasteiger partial charge in [0, 0.05) is 23.1 Å². The van der Waals surface area contributed by atoms with Crippen molar-refractivity contribution in [3.63, 3.8) is 0 Å². The Morgan fingerprint density at radius 2 is 1.76 bits per heavy atom. The summed E-state index contributed by atoms with van der Waals surface area (Å²) in [5.41, 5.74) is -1.83. The lowest BCUT2D eigenvalue weighted by atomic mass is 9.69. The summed E-state index contributed by atoms with van der Waals surface area (Å²) in [7, 11) is 1.37. The fourth-order valence-corrected chi connectivity index (χ4v) is 4.57. The van der Waals surface area contributed by atoms with Crippen LogP contribution in [0.4, 0.5) is 0 Å². The second-order valence-corrected chi connectivity index (χ2v) is 7.75. The number of carbonyl (C=O) groups is 3. The monoisotopic (exact) mass is 396 g/mol. The van der Waals surface area contributed by atoms with Crippen molar-refractivity contribution in [2.45, 2.75) is 38.2 Å². The number of carbonyl (C=O) groups excluding carboxylic acids is 3. The van der Waals surface area contributed by atoms with Crippen molar-refractivity contribution in [3.8, 4) is 17.2 Å². The largest absolute Gasteiger partial charge is 0.507 e. The molecule has 3 N–H and O–H groups in total. The molecule has 0 radical (unpaired) electrons. The summed E-state index contributed by atoms with van der Waals surface area (Å²) in [6.07, 6.45) is -0.218. The van der Waals surface area contributed by atoms with E-state index in [1.165, 1.54) is 20.1 Å². The van der Waals surface area contributed by atoms with E-state index < -0.39 is 40.4 Å². The number of fused-ring (bicyclic) bond motifs is 3. The Kier molecular flexibility index (Phi) is 4.06. The molecule has 0 saturated heterocycles. The zero-order valence-electron chi connectivity index (χ0n) is 16.2. The molecule has 4 rings (SSSR count). The molecule has 0 fully saturated rings. The highest BCUT2D eigenvalue weighted by Crippen LogP contribution is 2.51. The molecule has 0 amide bonds. The molecule has 2 aliphatic rings. The van der Waals surface area contributed by atoms with Crippen LogP contribution in [0.3, 0.4) is 0 Å². The summed E-state index contributed by atoms with van der Waals surface area (Å²) in [5.74, 6) is -2.93. The molecule has 0 aliphatic heterocycles. The van der Waals surface area contributed by atoms with E-state index in [1.807, 2.05) is 0 Å². The summed E-state index contributed by atoms with van der Waals surface area (Å²) in [6.45, 7) is 2.94. The average molecular weight is 396 g/mol. The molecule has 0 spiro atoms. The minimum absolute atomic E-state index is 0.0309. The maximum absolute atomic E-state index is 13.2. The molecule has 2 atom stereocenters. The van der Waals surface area contributed by atoms with E-state index >= 15 is 0 Å². The smallest absolute Gasteiger partial charge is 0.202 e.